The first-order chi connectivity index (χ1) is 13.4. The predicted octanol–water partition coefficient (Wildman–Crippen LogP) is 1.87. The molecular weight excluding hydrogens is 338 g/mol. The summed E-state index contributed by atoms with van der Waals surface area (Å²) in [4.78, 5) is 21.0. The molecule has 2 aliphatic rings. The molecular formula is C20H23N7. The smallest absolute Gasteiger partial charge is 0.180 e. The Morgan fingerprint density at radius 3 is 2.89 bits per heavy atom. The summed E-state index contributed by atoms with van der Waals surface area (Å²) in [7, 11) is 0. The van der Waals surface area contributed by atoms with Gasteiger partial charge in [-0.1, -0.05) is 6.07 Å². The normalized spacial score (nSPS) is 19.7. The Hall–Kier alpha value is -2.80. The number of rotatable bonds is 3. The zero-order chi connectivity index (χ0) is 18.1. The van der Waals surface area contributed by atoms with Crippen molar-refractivity contribution in [3.8, 4) is 11.5 Å². The maximum Gasteiger partial charge on any atom is 0.180 e. The van der Waals surface area contributed by atoms with Crippen LogP contribution >= 0.6 is 0 Å². The molecule has 0 bridgehead atoms. The average Bonchev–Trinajstić information content (AvgIpc) is 3.36. The van der Waals surface area contributed by atoms with Gasteiger partial charge in [0.2, 0.25) is 0 Å². The molecule has 3 aromatic rings. The Bertz CT molecular complexity index is 908. The van der Waals surface area contributed by atoms with Gasteiger partial charge in [-0.2, -0.15) is 0 Å². The third kappa shape index (κ3) is 3.19. The Kier molecular flexibility index (Phi) is 4.29. The number of fused-ring (bicyclic) bond motifs is 1. The van der Waals surface area contributed by atoms with Crippen molar-refractivity contribution in [2.24, 2.45) is 0 Å². The summed E-state index contributed by atoms with van der Waals surface area (Å²) in [6, 6.07) is 6.34. The third-order valence-electron chi connectivity index (χ3n) is 5.46. The second-order valence-electron chi connectivity index (χ2n) is 7.16. The van der Waals surface area contributed by atoms with E-state index in [2.05, 4.69) is 30.9 Å². The number of nitrogens with one attached hydrogen (secondary N) is 1. The highest BCUT2D eigenvalue weighted by atomic mass is 15.3. The van der Waals surface area contributed by atoms with Crippen LogP contribution in [0.5, 0.6) is 0 Å². The van der Waals surface area contributed by atoms with Crippen LogP contribution in [-0.4, -0.2) is 50.7 Å². The molecule has 0 saturated carbocycles. The molecule has 138 valence electrons. The Morgan fingerprint density at radius 2 is 2.04 bits per heavy atom. The summed E-state index contributed by atoms with van der Waals surface area (Å²) in [6.07, 6.45) is 10.6. The Morgan fingerprint density at radius 1 is 1.07 bits per heavy atom. The number of pyridine rings is 1. The van der Waals surface area contributed by atoms with Crippen molar-refractivity contribution in [3.05, 3.63) is 54.4 Å². The van der Waals surface area contributed by atoms with E-state index >= 15 is 0 Å². The lowest BCUT2D eigenvalue weighted by Crippen LogP contribution is -2.25. The van der Waals surface area contributed by atoms with Crippen LogP contribution in [0.2, 0.25) is 0 Å². The van der Waals surface area contributed by atoms with Crippen molar-refractivity contribution < 1.29 is 0 Å². The molecule has 27 heavy (non-hydrogen) atoms. The molecule has 0 spiro atoms. The second kappa shape index (κ2) is 7.08. The van der Waals surface area contributed by atoms with Gasteiger partial charge in [0.25, 0.3) is 0 Å². The van der Waals surface area contributed by atoms with E-state index in [9.17, 15) is 0 Å². The quantitative estimate of drug-likeness (QED) is 0.768. The van der Waals surface area contributed by atoms with Gasteiger partial charge in [0.15, 0.2) is 5.82 Å². The molecule has 5 rings (SSSR count). The van der Waals surface area contributed by atoms with Gasteiger partial charge in [-0.15, -0.1) is 0 Å². The van der Waals surface area contributed by atoms with Crippen LogP contribution in [0.25, 0.3) is 11.5 Å². The van der Waals surface area contributed by atoms with Crippen molar-refractivity contribution in [1.82, 2.24) is 29.8 Å². The maximum absolute atomic E-state index is 5.00. The van der Waals surface area contributed by atoms with Gasteiger partial charge in [0.05, 0.1) is 18.1 Å². The largest absolute Gasteiger partial charge is 0.354 e. The first kappa shape index (κ1) is 16.4. The molecule has 0 aromatic carbocycles. The summed E-state index contributed by atoms with van der Waals surface area (Å²) in [5, 5.41) is 3.49. The van der Waals surface area contributed by atoms with Gasteiger partial charge in [-0.05, 0) is 31.5 Å². The van der Waals surface area contributed by atoms with Crippen molar-refractivity contribution in [1.29, 1.82) is 0 Å². The second-order valence-corrected chi connectivity index (χ2v) is 7.16. The van der Waals surface area contributed by atoms with Gasteiger partial charge in [-0.25, -0.2) is 15.0 Å². The first-order valence-electron chi connectivity index (χ1n) is 9.63. The fourth-order valence-corrected chi connectivity index (χ4v) is 4.06. The fourth-order valence-electron chi connectivity index (χ4n) is 4.06. The van der Waals surface area contributed by atoms with E-state index < -0.39 is 0 Å². The van der Waals surface area contributed by atoms with Crippen molar-refractivity contribution in [2.45, 2.75) is 25.3 Å². The van der Waals surface area contributed by atoms with Crippen LogP contribution in [0.15, 0.2) is 43.1 Å². The number of nitrogens with zero attached hydrogens (tertiary/aromatic N) is 6. The number of imidazole rings is 1. The predicted molar refractivity (Wildman–Crippen MR) is 104 cm³/mol. The molecule has 1 atom stereocenters. The van der Waals surface area contributed by atoms with Crippen LogP contribution in [0.4, 0.5) is 5.82 Å². The maximum atomic E-state index is 5.00. The average molecular weight is 361 g/mol. The van der Waals surface area contributed by atoms with Crippen LogP contribution in [0, 0.1) is 0 Å². The molecule has 1 saturated heterocycles. The molecule has 0 aliphatic carbocycles. The highest BCUT2D eigenvalue weighted by molar-refractivity contribution is 5.58. The fraction of sp³-hybridized carbons (Fsp3) is 0.400. The summed E-state index contributed by atoms with van der Waals surface area (Å²) >= 11 is 0. The Balaban J connectivity index is 1.54. The van der Waals surface area contributed by atoms with Gasteiger partial charge >= 0.3 is 0 Å². The van der Waals surface area contributed by atoms with E-state index in [0.717, 1.165) is 68.5 Å². The van der Waals surface area contributed by atoms with E-state index in [1.165, 1.54) is 5.56 Å². The van der Waals surface area contributed by atoms with E-state index in [4.69, 9.17) is 9.97 Å². The van der Waals surface area contributed by atoms with Crippen molar-refractivity contribution in [3.63, 3.8) is 0 Å². The molecule has 7 nitrogen and oxygen atoms in total. The highest BCUT2D eigenvalue weighted by Crippen LogP contribution is 2.31. The summed E-state index contributed by atoms with van der Waals surface area (Å²) in [5.41, 5.74) is 3.30. The standard InChI is InChI=1S/C20H23N7/c1-2-7-23-18(3-1)19-24-17-5-9-21-8-4-16(17)20(25-19)26-11-6-15(13-26)27-12-10-22-14-27/h1-3,7,10,12,14-15,21H,4-6,8-9,11,13H2/t15-/m1/s1. The lowest BCUT2D eigenvalue weighted by Gasteiger charge is -2.23. The minimum absolute atomic E-state index is 0.445. The zero-order valence-corrected chi connectivity index (χ0v) is 15.3. The topological polar surface area (TPSA) is 71.8 Å². The molecule has 5 heterocycles. The van der Waals surface area contributed by atoms with Gasteiger partial charge < -0.3 is 14.8 Å². The minimum atomic E-state index is 0.445. The van der Waals surface area contributed by atoms with Gasteiger partial charge in [0, 0.05) is 50.2 Å². The lowest BCUT2D eigenvalue weighted by molar-refractivity contribution is 0.551. The van der Waals surface area contributed by atoms with Crippen molar-refractivity contribution in [2.75, 3.05) is 31.1 Å². The highest BCUT2D eigenvalue weighted by Gasteiger charge is 2.28. The summed E-state index contributed by atoms with van der Waals surface area (Å²) in [5.74, 6) is 1.82. The van der Waals surface area contributed by atoms with Crippen LogP contribution < -0.4 is 10.2 Å². The molecule has 0 amide bonds. The molecule has 3 aromatic heterocycles. The molecule has 7 heteroatoms. The number of hydrogen-bond donors (Lipinski definition) is 1. The summed E-state index contributed by atoms with van der Waals surface area (Å²) in [6.45, 7) is 3.89. The molecule has 1 fully saturated rings. The first-order valence-corrected chi connectivity index (χ1v) is 9.63. The molecule has 0 radical (unpaired) electrons. The zero-order valence-electron chi connectivity index (χ0n) is 15.3. The number of aromatic nitrogens is 5. The minimum Gasteiger partial charge on any atom is -0.354 e. The third-order valence-corrected chi connectivity index (χ3v) is 5.46. The summed E-state index contributed by atoms with van der Waals surface area (Å²) < 4.78 is 2.21. The molecule has 1 N–H and O–H groups in total. The van der Waals surface area contributed by atoms with Crippen LogP contribution in [-0.2, 0) is 12.8 Å². The monoisotopic (exact) mass is 361 g/mol. The Labute approximate surface area is 158 Å². The van der Waals surface area contributed by atoms with Gasteiger partial charge in [0.1, 0.15) is 11.5 Å². The van der Waals surface area contributed by atoms with Crippen LogP contribution in [0.3, 0.4) is 0 Å². The van der Waals surface area contributed by atoms with Crippen LogP contribution in [0.1, 0.15) is 23.7 Å². The van der Waals surface area contributed by atoms with Crippen molar-refractivity contribution >= 4 is 5.82 Å². The van der Waals surface area contributed by atoms with E-state index in [1.54, 1.807) is 6.20 Å². The van der Waals surface area contributed by atoms with E-state index in [1.807, 2.05) is 30.7 Å². The van der Waals surface area contributed by atoms with Gasteiger partial charge in [-0.3, -0.25) is 4.98 Å². The van der Waals surface area contributed by atoms with E-state index in [-0.39, 0.29) is 0 Å². The number of anilines is 1. The van der Waals surface area contributed by atoms with E-state index in [0.29, 0.717) is 6.04 Å². The molecule has 2 aliphatic heterocycles. The number of hydrogen-bond acceptors (Lipinski definition) is 6. The SMILES string of the molecule is c1ccc(-c2nc3c(c(N4CC[C@@H](n5ccnc5)C4)n2)CCNCC3)nc1. The lowest BCUT2D eigenvalue weighted by atomic mass is 10.1. The molecule has 0 unspecified atom stereocenters.